The lowest BCUT2D eigenvalue weighted by molar-refractivity contribution is 0.0601. The Labute approximate surface area is 278 Å². The SMILES string of the molecule is COC(=O)c1cc(C(=O)NCC(C)C)ccc1-c1cc2c(cc1C(=O)Nc1ccc3[nH]ccc3c1CC(C)C)-c1sccc1CCO2. The molecule has 0 unspecified atom stereocenters. The van der Waals surface area contributed by atoms with Crippen LogP contribution in [0.25, 0.3) is 32.5 Å². The van der Waals surface area contributed by atoms with Crippen molar-refractivity contribution in [3.8, 4) is 27.3 Å². The molecule has 3 N–H and O–H groups in total. The fourth-order valence-electron chi connectivity index (χ4n) is 6.06. The van der Waals surface area contributed by atoms with Crippen LogP contribution in [0.5, 0.6) is 5.75 Å². The van der Waals surface area contributed by atoms with E-state index in [2.05, 4.69) is 40.9 Å². The Morgan fingerprint density at radius 1 is 0.915 bits per heavy atom. The highest BCUT2D eigenvalue weighted by atomic mass is 32.1. The Kier molecular flexibility index (Phi) is 9.18. The minimum atomic E-state index is -0.613. The smallest absolute Gasteiger partial charge is 0.338 e. The van der Waals surface area contributed by atoms with Crippen LogP contribution < -0.4 is 15.4 Å². The van der Waals surface area contributed by atoms with Gasteiger partial charge in [-0.05, 0) is 94.4 Å². The van der Waals surface area contributed by atoms with Crippen molar-refractivity contribution in [2.75, 3.05) is 25.6 Å². The second-order valence-corrected chi connectivity index (χ2v) is 13.6. The highest BCUT2D eigenvalue weighted by molar-refractivity contribution is 7.13. The molecule has 3 aromatic carbocycles. The molecular formula is C38H39N3O5S. The Balaban J connectivity index is 1.51. The van der Waals surface area contributed by atoms with Crippen LogP contribution in [0.2, 0.25) is 0 Å². The molecule has 2 aromatic heterocycles. The standard InChI is InChI=1S/C38H39N3O5S/c1-21(2)16-28-26-10-13-39-32(26)8-9-33(28)41-37(43)29-18-31-34(46-14-11-23-12-15-47-35(23)31)19-27(29)25-7-6-24(17-30(25)38(44)45-5)36(42)40-20-22(3)4/h6-10,12-13,15,17-19,21-22,39H,11,14,16,20H2,1-5H3,(H,40,42)(H,41,43). The molecule has 0 saturated carbocycles. The van der Waals surface area contributed by atoms with Crippen LogP contribution in [-0.4, -0.2) is 43.0 Å². The molecule has 8 nitrogen and oxygen atoms in total. The van der Waals surface area contributed by atoms with Crippen LogP contribution in [0.15, 0.2) is 66.2 Å². The maximum Gasteiger partial charge on any atom is 0.338 e. The van der Waals surface area contributed by atoms with E-state index in [4.69, 9.17) is 9.47 Å². The third-order valence-electron chi connectivity index (χ3n) is 8.34. The number of nitrogens with one attached hydrogen (secondary N) is 3. The summed E-state index contributed by atoms with van der Waals surface area (Å²) in [7, 11) is 1.30. The Hall–Kier alpha value is -4.89. The topological polar surface area (TPSA) is 110 Å². The molecule has 0 atom stereocenters. The average molecular weight is 650 g/mol. The number of amides is 2. The van der Waals surface area contributed by atoms with Gasteiger partial charge in [0.25, 0.3) is 11.8 Å². The summed E-state index contributed by atoms with van der Waals surface area (Å²) in [5.74, 6) is 0.0329. The first-order chi connectivity index (χ1) is 22.6. The van der Waals surface area contributed by atoms with E-state index in [0.717, 1.165) is 51.0 Å². The van der Waals surface area contributed by atoms with E-state index in [1.54, 1.807) is 23.5 Å². The van der Waals surface area contributed by atoms with Crippen molar-refractivity contribution in [3.05, 3.63) is 94.0 Å². The highest BCUT2D eigenvalue weighted by Crippen LogP contribution is 2.44. The van der Waals surface area contributed by atoms with E-state index in [1.807, 2.05) is 50.4 Å². The lowest BCUT2D eigenvalue weighted by atomic mass is 9.90. The number of esters is 1. The summed E-state index contributed by atoms with van der Waals surface area (Å²) in [6.07, 6.45) is 3.43. The predicted octanol–water partition coefficient (Wildman–Crippen LogP) is 8.12. The maximum atomic E-state index is 14.5. The molecule has 0 saturated heterocycles. The lowest BCUT2D eigenvalue weighted by Gasteiger charge is -2.19. The number of aromatic amines is 1. The molecule has 1 aliphatic heterocycles. The van der Waals surface area contributed by atoms with Crippen LogP contribution in [0, 0.1) is 11.8 Å². The Morgan fingerprint density at radius 3 is 2.51 bits per heavy atom. The number of rotatable bonds is 9. The molecule has 3 heterocycles. The van der Waals surface area contributed by atoms with Crippen molar-refractivity contribution >= 4 is 45.7 Å². The van der Waals surface area contributed by atoms with Crippen LogP contribution in [0.1, 0.15) is 69.9 Å². The number of H-pyrrole nitrogens is 1. The minimum absolute atomic E-state index is 0.179. The van der Waals surface area contributed by atoms with Crippen LogP contribution in [-0.2, 0) is 17.6 Å². The largest absolute Gasteiger partial charge is 0.493 e. The van der Waals surface area contributed by atoms with Gasteiger partial charge in [0, 0.05) is 57.3 Å². The van der Waals surface area contributed by atoms with E-state index >= 15 is 0 Å². The molecule has 47 heavy (non-hydrogen) atoms. The fourth-order valence-corrected chi connectivity index (χ4v) is 7.03. The second kappa shape index (κ2) is 13.5. The molecule has 2 amide bonds. The van der Waals surface area contributed by atoms with Crippen molar-refractivity contribution in [2.24, 2.45) is 11.8 Å². The molecule has 0 spiro atoms. The number of aromatic nitrogens is 1. The zero-order valence-electron chi connectivity index (χ0n) is 27.3. The number of carbonyl (C=O) groups excluding carboxylic acids is 3. The normalized spacial score (nSPS) is 12.3. The summed E-state index contributed by atoms with van der Waals surface area (Å²) in [4.78, 5) is 45.1. The van der Waals surface area contributed by atoms with Crippen LogP contribution in [0.4, 0.5) is 5.69 Å². The monoisotopic (exact) mass is 649 g/mol. The molecule has 5 aromatic rings. The zero-order valence-corrected chi connectivity index (χ0v) is 28.1. The number of hydrogen-bond donors (Lipinski definition) is 3. The van der Waals surface area contributed by atoms with Gasteiger partial charge in [0.1, 0.15) is 5.75 Å². The zero-order chi connectivity index (χ0) is 33.2. The number of benzene rings is 3. The van der Waals surface area contributed by atoms with E-state index in [9.17, 15) is 14.4 Å². The molecule has 0 bridgehead atoms. The first-order valence-corrected chi connectivity index (χ1v) is 16.8. The maximum absolute atomic E-state index is 14.5. The van der Waals surface area contributed by atoms with Gasteiger partial charge in [-0.1, -0.05) is 33.8 Å². The van der Waals surface area contributed by atoms with Crippen molar-refractivity contribution in [1.82, 2.24) is 10.3 Å². The molecular weight excluding hydrogens is 611 g/mol. The van der Waals surface area contributed by atoms with Gasteiger partial charge in [0.15, 0.2) is 0 Å². The van der Waals surface area contributed by atoms with Crippen molar-refractivity contribution in [2.45, 2.75) is 40.5 Å². The summed E-state index contributed by atoms with van der Waals surface area (Å²) in [5.41, 5.74) is 6.64. The minimum Gasteiger partial charge on any atom is -0.493 e. The molecule has 1 aliphatic rings. The number of carbonyl (C=O) groups is 3. The van der Waals surface area contributed by atoms with Gasteiger partial charge in [0.05, 0.1) is 19.3 Å². The number of ether oxygens (including phenoxy) is 2. The van der Waals surface area contributed by atoms with Gasteiger partial charge in [-0.2, -0.15) is 0 Å². The van der Waals surface area contributed by atoms with Gasteiger partial charge in [-0.3, -0.25) is 9.59 Å². The quantitative estimate of drug-likeness (QED) is 0.140. The number of anilines is 1. The molecule has 6 rings (SSSR count). The van der Waals surface area contributed by atoms with E-state index in [-0.39, 0.29) is 23.3 Å². The van der Waals surface area contributed by atoms with E-state index in [0.29, 0.717) is 47.1 Å². The van der Waals surface area contributed by atoms with Gasteiger partial charge < -0.3 is 25.1 Å². The number of fused-ring (bicyclic) bond motifs is 4. The van der Waals surface area contributed by atoms with Gasteiger partial charge in [-0.25, -0.2) is 4.79 Å². The lowest BCUT2D eigenvalue weighted by Crippen LogP contribution is -2.27. The average Bonchev–Trinajstić information content (AvgIpc) is 3.70. The number of methoxy groups -OCH3 is 1. The molecule has 242 valence electrons. The molecule has 0 radical (unpaired) electrons. The van der Waals surface area contributed by atoms with Gasteiger partial charge in [0.2, 0.25) is 0 Å². The van der Waals surface area contributed by atoms with E-state index < -0.39 is 5.97 Å². The van der Waals surface area contributed by atoms with Crippen molar-refractivity contribution < 1.29 is 23.9 Å². The summed E-state index contributed by atoms with van der Waals surface area (Å²) in [5, 5.41) is 9.24. The van der Waals surface area contributed by atoms with Gasteiger partial charge in [-0.15, -0.1) is 11.3 Å². The predicted molar refractivity (Wildman–Crippen MR) is 188 cm³/mol. The summed E-state index contributed by atoms with van der Waals surface area (Å²) in [6, 6.07) is 16.6. The van der Waals surface area contributed by atoms with Crippen LogP contribution in [0.3, 0.4) is 0 Å². The van der Waals surface area contributed by atoms with Crippen molar-refractivity contribution in [1.29, 1.82) is 0 Å². The highest BCUT2D eigenvalue weighted by Gasteiger charge is 2.27. The van der Waals surface area contributed by atoms with Gasteiger partial charge >= 0.3 is 5.97 Å². The van der Waals surface area contributed by atoms with Crippen LogP contribution >= 0.6 is 11.3 Å². The summed E-state index contributed by atoms with van der Waals surface area (Å²) in [6.45, 7) is 9.31. The Bertz CT molecular complexity index is 1990. The number of hydrogen-bond acceptors (Lipinski definition) is 6. The number of thiophene rings is 1. The first kappa shape index (κ1) is 32.1. The third kappa shape index (κ3) is 6.53. The molecule has 0 aliphatic carbocycles. The summed E-state index contributed by atoms with van der Waals surface area (Å²) < 4.78 is 11.4. The third-order valence-corrected chi connectivity index (χ3v) is 9.33. The first-order valence-electron chi connectivity index (χ1n) is 15.9. The summed E-state index contributed by atoms with van der Waals surface area (Å²) >= 11 is 1.61. The molecule has 0 fully saturated rings. The second-order valence-electron chi connectivity index (χ2n) is 12.7. The van der Waals surface area contributed by atoms with Crippen molar-refractivity contribution in [3.63, 3.8) is 0 Å². The Morgan fingerprint density at radius 2 is 1.74 bits per heavy atom. The van der Waals surface area contributed by atoms with E-state index in [1.165, 1.54) is 13.2 Å². The fraction of sp³-hybridized carbons (Fsp3) is 0.289. The molecule has 9 heteroatoms.